The van der Waals surface area contributed by atoms with Crippen molar-refractivity contribution < 1.29 is 9.53 Å². The standard InChI is InChI=1S/C24H28N4O2/c1-30-24(17-7-4-6-16(12-17)23(25)29)18-8-5-9-19(24)14-28(13-18)15-22-20-10-2-3-11-21(20)26-27-22/h2-4,6-7,10-12,18-19H,5,8-9,13-15H2,1H3,(H2,25,29)(H,26,27). The quantitative estimate of drug-likeness (QED) is 0.682. The number of rotatable bonds is 5. The first-order chi connectivity index (χ1) is 14.6. The number of nitrogens with zero attached hydrogens (tertiary/aromatic N) is 2. The number of para-hydroxylation sites is 1. The topological polar surface area (TPSA) is 84.2 Å². The number of nitrogens with one attached hydrogen (secondary N) is 1. The van der Waals surface area contributed by atoms with E-state index in [2.05, 4.69) is 39.4 Å². The number of piperidine rings is 1. The predicted octanol–water partition coefficient (Wildman–Crippen LogP) is 3.44. The van der Waals surface area contributed by atoms with Crippen LogP contribution in [-0.2, 0) is 16.9 Å². The summed E-state index contributed by atoms with van der Waals surface area (Å²) in [6.45, 7) is 2.73. The molecule has 2 unspecified atom stereocenters. The van der Waals surface area contributed by atoms with Crippen LogP contribution in [0.4, 0.5) is 0 Å². The largest absolute Gasteiger partial charge is 0.373 e. The average molecular weight is 405 g/mol. The molecule has 1 aliphatic carbocycles. The Kier molecular flexibility index (Phi) is 4.83. The summed E-state index contributed by atoms with van der Waals surface area (Å²) in [5, 5.41) is 8.93. The normalized spacial score (nSPS) is 26.7. The van der Waals surface area contributed by atoms with Crippen molar-refractivity contribution >= 4 is 16.8 Å². The van der Waals surface area contributed by atoms with Crippen LogP contribution in [0.2, 0.25) is 0 Å². The van der Waals surface area contributed by atoms with Crippen LogP contribution in [0, 0.1) is 11.8 Å². The van der Waals surface area contributed by atoms with Crippen molar-refractivity contribution in [2.24, 2.45) is 17.6 Å². The maximum atomic E-state index is 11.8. The van der Waals surface area contributed by atoms with Crippen molar-refractivity contribution in [1.82, 2.24) is 15.1 Å². The summed E-state index contributed by atoms with van der Waals surface area (Å²) in [7, 11) is 1.82. The van der Waals surface area contributed by atoms with Crippen LogP contribution in [0.3, 0.4) is 0 Å². The molecule has 156 valence electrons. The fraction of sp³-hybridized carbons (Fsp3) is 0.417. The van der Waals surface area contributed by atoms with Gasteiger partial charge in [0.1, 0.15) is 5.60 Å². The van der Waals surface area contributed by atoms with E-state index in [0.29, 0.717) is 17.4 Å². The smallest absolute Gasteiger partial charge is 0.248 e. The first-order valence-corrected chi connectivity index (χ1v) is 10.7. The number of carbonyl (C=O) groups excluding carboxylic acids is 1. The summed E-state index contributed by atoms with van der Waals surface area (Å²) in [4.78, 5) is 14.3. The zero-order valence-corrected chi connectivity index (χ0v) is 17.3. The van der Waals surface area contributed by atoms with E-state index >= 15 is 0 Å². The van der Waals surface area contributed by atoms with Gasteiger partial charge in [0.05, 0.1) is 11.2 Å². The van der Waals surface area contributed by atoms with Crippen molar-refractivity contribution in [3.05, 3.63) is 65.4 Å². The molecule has 2 aliphatic rings. The van der Waals surface area contributed by atoms with E-state index in [-0.39, 0.29) is 5.60 Å². The number of amides is 1. The fourth-order valence-corrected chi connectivity index (χ4v) is 5.84. The fourth-order valence-electron chi connectivity index (χ4n) is 5.84. The molecule has 5 rings (SSSR count). The SMILES string of the molecule is COC1(c2cccc(C(N)=O)c2)C2CCCC1CN(Cc1n[nH]c3ccccc13)C2. The first kappa shape index (κ1) is 19.3. The van der Waals surface area contributed by atoms with Crippen molar-refractivity contribution in [2.45, 2.75) is 31.4 Å². The molecule has 2 bridgehead atoms. The lowest BCUT2D eigenvalue weighted by Gasteiger charge is -2.55. The Hall–Kier alpha value is -2.70. The number of carbonyl (C=O) groups is 1. The van der Waals surface area contributed by atoms with Gasteiger partial charge in [-0.15, -0.1) is 0 Å². The number of primary amides is 1. The highest BCUT2D eigenvalue weighted by Gasteiger charge is 2.53. The third-order valence-corrected chi connectivity index (χ3v) is 7.13. The van der Waals surface area contributed by atoms with Crippen LogP contribution < -0.4 is 5.73 Å². The maximum Gasteiger partial charge on any atom is 0.248 e. The van der Waals surface area contributed by atoms with E-state index in [9.17, 15) is 4.79 Å². The molecule has 2 atom stereocenters. The van der Waals surface area contributed by atoms with Crippen LogP contribution >= 0.6 is 0 Å². The van der Waals surface area contributed by atoms with Gasteiger partial charge in [-0.25, -0.2) is 0 Å². The lowest BCUT2D eigenvalue weighted by atomic mass is 9.62. The summed E-state index contributed by atoms with van der Waals surface area (Å²) >= 11 is 0. The van der Waals surface area contributed by atoms with Crippen LogP contribution in [0.1, 0.15) is 40.9 Å². The van der Waals surface area contributed by atoms with Crippen molar-refractivity contribution in [1.29, 1.82) is 0 Å². The molecule has 1 aromatic heterocycles. The number of hydrogen-bond acceptors (Lipinski definition) is 4. The lowest BCUT2D eigenvalue weighted by Crippen LogP contribution is -2.58. The number of ether oxygens (including phenoxy) is 1. The Morgan fingerprint density at radius 1 is 1.20 bits per heavy atom. The Bertz CT molecular complexity index is 1060. The molecule has 3 aromatic rings. The number of aromatic nitrogens is 2. The number of benzene rings is 2. The van der Waals surface area contributed by atoms with Crippen LogP contribution in [0.5, 0.6) is 0 Å². The van der Waals surface area contributed by atoms with Crippen molar-refractivity contribution in [2.75, 3.05) is 20.2 Å². The molecular weight excluding hydrogens is 376 g/mol. The van der Waals surface area contributed by atoms with Crippen LogP contribution in [0.15, 0.2) is 48.5 Å². The van der Waals surface area contributed by atoms with Gasteiger partial charge in [0.25, 0.3) is 0 Å². The van der Waals surface area contributed by atoms with E-state index in [0.717, 1.165) is 49.2 Å². The van der Waals surface area contributed by atoms with E-state index in [4.69, 9.17) is 10.5 Å². The molecule has 1 amide bonds. The second-order valence-electron chi connectivity index (χ2n) is 8.68. The van der Waals surface area contributed by atoms with E-state index < -0.39 is 5.91 Å². The van der Waals surface area contributed by atoms with Gasteiger partial charge >= 0.3 is 0 Å². The summed E-state index contributed by atoms with van der Waals surface area (Å²) in [5.74, 6) is 0.336. The minimum Gasteiger partial charge on any atom is -0.373 e. The number of nitrogens with two attached hydrogens (primary N) is 1. The van der Waals surface area contributed by atoms with E-state index in [1.54, 1.807) is 6.07 Å². The molecule has 2 heterocycles. The molecule has 0 spiro atoms. The Labute approximate surface area is 176 Å². The Balaban J connectivity index is 1.45. The zero-order chi connectivity index (χ0) is 20.7. The summed E-state index contributed by atoms with van der Waals surface area (Å²) in [6.07, 6.45) is 3.45. The summed E-state index contributed by atoms with van der Waals surface area (Å²) < 4.78 is 6.32. The number of H-pyrrole nitrogens is 1. The number of fused-ring (bicyclic) bond motifs is 3. The molecular formula is C24H28N4O2. The highest BCUT2D eigenvalue weighted by atomic mass is 16.5. The monoisotopic (exact) mass is 404 g/mol. The van der Waals surface area contributed by atoms with Gasteiger partial charge < -0.3 is 10.5 Å². The van der Waals surface area contributed by atoms with Gasteiger partial charge in [0, 0.05) is 49.5 Å². The van der Waals surface area contributed by atoms with E-state index in [1.807, 2.05) is 25.3 Å². The number of aromatic amines is 1. The van der Waals surface area contributed by atoms with Gasteiger partial charge in [-0.1, -0.05) is 36.8 Å². The zero-order valence-electron chi connectivity index (χ0n) is 17.3. The first-order valence-electron chi connectivity index (χ1n) is 10.7. The maximum absolute atomic E-state index is 11.8. The minimum absolute atomic E-state index is 0.364. The predicted molar refractivity (Wildman–Crippen MR) is 116 cm³/mol. The van der Waals surface area contributed by atoms with Crippen LogP contribution in [0.25, 0.3) is 10.9 Å². The highest BCUT2D eigenvalue weighted by Crippen LogP contribution is 2.51. The van der Waals surface area contributed by atoms with Gasteiger partial charge in [-0.3, -0.25) is 14.8 Å². The lowest BCUT2D eigenvalue weighted by molar-refractivity contribution is -0.170. The molecule has 3 N–H and O–H groups in total. The molecule has 6 heteroatoms. The molecule has 1 saturated carbocycles. The molecule has 0 radical (unpaired) electrons. The number of methoxy groups -OCH3 is 1. The van der Waals surface area contributed by atoms with E-state index in [1.165, 1.54) is 11.8 Å². The molecule has 6 nitrogen and oxygen atoms in total. The van der Waals surface area contributed by atoms with Crippen molar-refractivity contribution in [3.63, 3.8) is 0 Å². The number of likely N-dealkylation sites (tertiary alicyclic amines) is 1. The third-order valence-electron chi connectivity index (χ3n) is 7.13. The summed E-state index contributed by atoms with van der Waals surface area (Å²) in [6, 6.07) is 16.0. The van der Waals surface area contributed by atoms with Gasteiger partial charge in [-0.2, -0.15) is 5.10 Å². The molecule has 2 aromatic carbocycles. The Morgan fingerprint density at radius 3 is 2.70 bits per heavy atom. The van der Waals surface area contributed by atoms with Crippen molar-refractivity contribution in [3.8, 4) is 0 Å². The van der Waals surface area contributed by atoms with Gasteiger partial charge in [0.2, 0.25) is 5.91 Å². The number of hydrogen-bond donors (Lipinski definition) is 2. The minimum atomic E-state index is -0.392. The summed E-state index contributed by atoms with van der Waals surface area (Å²) in [5.41, 5.74) is 9.01. The second kappa shape index (κ2) is 7.52. The highest BCUT2D eigenvalue weighted by molar-refractivity contribution is 5.93. The third kappa shape index (κ3) is 3.02. The molecule has 1 aliphatic heterocycles. The van der Waals surface area contributed by atoms with Crippen LogP contribution in [-0.4, -0.2) is 41.2 Å². The molecule has 1 saturated heterocycles. The molecule has 30 heavy (non-hydrogen) atoms. The van der Waals surface area contributed by atoms with Gasteiger partial charge in [-0.05, 0) is 36.6 Å². The Morgan fingerprint density at radius 2 is 1.97 bits per heavy atom. The second-order valence-corrected chi connectivity index (χ2v) is 8.68. The average Bonchev–Trinajstić information content (AvgIpc) is 3.16. The molecule has 2 fully saturated rings. The van der Waals surface area contributed by atoms with Gasteiger partial charge in [0.15, 0.2) is 0 Å².